The predicted octanol–water partition coefficient (Wildman–Crippen LogP) is 4.10. The quantitative estimate of drug-likeness (QED) is 0.635. The number of anilines is 1. The van der Waals surface area contributed by atoms with Gasteiger partial charge in [-0.2, -0.15) is 0 Å². The molecular formula is C23H25N3O3. The standard InChI is InChI=1S/C23H25N3O3/c1-15(2)22(28)24-14-20-16(3)29-23(26-20)18-11-7-8-12-19(18)25-21(27)13-17-9-5-4-6-10-17/h4-12,15H,13-14H2,1-3H3,(H,24,28)(H,25,27). The Morgan fingerprint density at radius 1 is 1.03 bits per heavy atom. The number of oxazole rings is 1. The van der Waals surface area contributed by atoms with Gasteiger partial charge in [0.2, 0.25) is 17.7 Å². The van der Waals surface area contributed by atoms with Gasteiger partial charge in [-0.3, -0.25) is 9.59 Å². The Labute approximate surface area is 170 Å². The fourth-order valence-electron chi connectivity index (χ4n) is 2.84. The Kier molecular flexibility index (Phi) is 6.44. The van der Waals surface area contributed by atoms with Crippen molar-refractivity contribution in [2.75, 3.05) is 5.32 Å². The molecule has 0 unspecified atom stereocenters. The molecular weight excluding hydrogens is 366 g/mol. The molecule has 1 aromatic heterocycles. The lowest BCUT2D eigenvalue weighted by molar-refractivity contribution is -0.124. The number of hydrogen-bond donors (Lipinski definition) is 2. The highest BCUT2D eigenvalue weighted by molar-refractivity contribution is 5.95. The second kappa shape index (κ2) is 9.19. The van der Waals surface area contributed by atoms with Crippen molar-refractivity contribution in [3.63, 3.8) is 0 Å². The average Bonchev–Trinajstić information content (AvgIpc) is 3.07. The van der Waals surface area contributed by atoms with Crippen LogP contribution in [0.3, 0.4) is 0 Å². The number of carbonyl (C=O) groups is 2. The first-order valence-electron chi connectivity index (χ1n) is 9.61. The van der Waals surface area contributed by atoms with E-state index in [-0.39, 0.29) is 24.2 Å². The maximum Gasteiger partial charge on any atom is 0.228 e. The van der Waals surface area contributed by atoms with Gasteiger partial charge in [0.25, 0.3) is 0 Å². The minimum absolute atomic E-state index is 0.0393. The number of nitrogens with one attached hydrogen (secondary N) is 2. The molecule has 2 amide bonds. The summed E-state index contributed by atoms with van der Waals surface area (Å²) in [4.78, 5) is 28.8. The summed E-state index contributed by atoms with van der Waals surface area (Å²) in [5.41, 5.74) is 2.93. The van der Waals surface area contributed by atoms with E-state index in [0.29, 0.717) is 35.1 Å². The van der Waals surface area contributed by atoms with Crippen LogP contribution in [0.2, 0.25) is 0 Å². The lowest BCUT2D eigenvalue weighted by Crippen LogP contribution is -2.27. The minimum Gasteiger partial charge on any atom is -0.441 e. The Balaban J connectivity index is 1.75. The molecule has 2 aromatic carbocycles. The van der Waals surface area contributed by atoms with E-state index in [9.17, 15) is 9.59 Å². The molecule has 0 aliphatic rings. The zero-order valence-electron chi connectivity index (χ0n) is 16.9. The van der Waals surface area contributed by atoms with Gasteiger partial charge in [-0.25, -0.2) is 4.98 Å². The molecule has 0 fully saturated rings. The van der Waals surface area contributed by atoms with Gasteiger partial charge in [-0.1, -0.05) is 56.3 Å². The molecule has 3 rings (SSSR count). The summed E-state index contributed by atoms with van der Waals surface area (Å²) in [6.07, 6.45) is 0.284. The van der Waals surface area contributed by atoms with Crippen molar-refractivity contribution in [2.45, 2.75) is 33.7 Å². The van der Waals surface area contributed by atoms with E-state index < -0.39 is 0 Å². The van der Waals surface area contributed by atoms with Crippen molar-refractivity contribution in [1.82, 2.24) is 10.3 Å². The van der Waals surface area contributed by atoms with Gasteiger partial charge < -0.3 is 15.1 Å². The minimum atomic E-state index is -0.114. The molecule has 0 atom stereocenters. The van der Waals surface area contributed by atoms with Crippen molar-refractivity contribution in [3.8, 4) is 11.5 Å². The number of para-hydroxylation sites is 1. The predicted molar refractivity (Wildman–Crippen MR) is 112 cm³/mol. The average molecular weight is 391 g/mol. The van der Waals surface area contributed by atoms with Crippen LogP contribution in [-0.4, -0.2) is 16.8 Å². The van der Waals surface area contributed by atoms with Crippen LogP contribution in [0, 0.1) is 12.8 Å². The van der Waals surface area contributed by atoms with E-state index in [2.05, 4.69) is 15.6 Å². The number of nitrogens with zero attached hydrogens (tertiary/aromatic N) is 1. The highest BCUT2D eigenvalue weighted by Gasteiger charge is 2.17. The normalized spacial score (nSPS) is 10.8. The fraction of sp³-hybridized carbons (Fsp3) is 0.261. The van der Waals surface area contributed by atoms with Crippen LogP contribution in [0.5, 0.6) is 0 Å². The van der Waals surface area contributed by atoms with Crippen LogP contribution in [0.4, 0.5) is 5.69 Å². The molecule has 0 spiro atoms. The van der Waals surface area contributed by atoms with Crippen molar-refractivity contribution in [3.05, 3.63) is 71.6 Å². The molecule has 0 saturated heterocycles. The maximum atomic E-state index is 12.5. The van der Waals surface area contributed by atoms with Gasteiger partial charge in [0.15, 0.2) is 0 Å². The summed E-state index contributed by atoms with van der Waals surface area (Å²) in [5, 5.41) is 5.79. The molecule has 29 heavy (non-hydrogen) atoms. The molecule has 6 heteroatoms. The molecule has 3 aromatic rings. The summed E-state index contributed by atoms with van der Waals surface area (Å²) in [6, 6.07) is 16.9. The monoisotopic (exact) mass is 391 g/mol. The Morgan fingerprint density at radius 3 is 2.45 bits per heavy atom. The van der Waals surface area contributed by atoms with Gasteiger partial charge in [-0.15, -0.1) is 0 Å². The zero-order valence-corrected chi connectivity index (χ0v) is 16.9. The van der Waals surface area contributed by atoms with E-state index in [0.717, 1.165) is 5.56 Å². The van der Waals surface area contributed by atoms with E-state index in [1.54, 1.807) is 0 Å². The van der Waals surface area contributed by atoms with Crippen molar-refractivity contribution in [2.24, 2.45) is 5.92 Å². The van der Waals surface area contributed by atoms with Gasteiger partial charge in [0.05, 0.1) is 24.2 Å². The first-order valence-corrected chi connectivity index (χ1v) is 9.61. The molecule has 6 nitrogen and oxygen atoms in total. The summed E-state index contributed by atoms with van der Waals surface area (Å²) in [6.45, 7) is 5.79. The van der Waals surface area contributed by atoms with Crippen molar-refractivity contribution in [1.29, 1.82) is 0 Å². The van der Waals surface area contributed by atoms with Crippen molar-refractivity contribution < 1.29 is 14.0 Å². The molecule has 0 saturated carbocycles. The van der Waals surface area contributed by atoms with Crippen LogP contribution in [0.15, 0.2) is 59.0 Å². The van der Waals surface area contributed by atoms with Gasteiger partial charge in [-0.05, 0) is 24.6 Å². The summed E-state index contributed by atoms with van der Waals surface area (Å²) >= 11 is 0. The van der Waals surface area contributed by atoms with E-state index in [4.69, 9.17) is 4.42 Å². The molecule has 0 aliphatic heterocycles. The van der Waals surface area contributed by atoms with Crippen LogP contribution in [-0.2, 0) is 22.6 Å². The third kappa shape index (κ3) is 5.31. The molecule has 0 radical (unpaired) electrons. The van der Waals surface area contributed by atoms with E-state index in [1.165, 1.54) is 0 Å². The number of carbonyl (C=O) groups excluding carboxylic acids is 2. The molecule has 0 aliphatic carbocycles. The first kappa shape index (κ1) is 20.3. The third-order valence-corrected chi connectivity index (χ3v) is 4.49. The maximum absolute atomic E-state index is 12.5. The number of amides is 2. The molecule has 0 bridgehead atoms. The number of hydrogen-bond acceptors (Lipinski definition) is 4. The summed E-state index contributed by atoms with van der Waals surface area (Å²) in [7, 11) is 0. The Bertz CT molecular complexity index is 994. The highest BCUT2D eigenvalue weighted by Crippen LogP contribution is 2.29. The Morgan fingerprint density at radius 2 is 1.72 bits per heavy atom. The van der Waals surface area contributed by atoms with Gasteiger partial charge >= 0.3 is 0 Å². The lowest BCUT2D eigenvalue weighted by atomic mass is 10.1. The third-order valence-electron chi connectivity index (χ3n) is 4.49. The van der Waals surface area contributed by atoms with Crippen LogP contribution in [0.1, 0.15) is 30.9 Å². The summed E-state index contributed by atoms with van der Waals surface area (Å²) in [5.74, 6) is 0.794. The highest BCUT2D eigenvalue weighted by atomic mass is 16.4. The lowest BCUT2D eigenvalue weighted by Gasteiger charge is -2.09. The summed E-state index contributed by atoms with van der Waals surface area (Å²) < 4.78 is 5.82. The van der Waals surface area contributed by atoms with Crippen LogP contribution < -0.4 is 10.6 Å². The van der Waals surface area contributed by atoms with Crippen molar-refractivity contribution >= 4 is 17.5 Å². The first-order chi connectivity index (χ1) is 13.9. The van der Waals surface area contributed by atoms with Gasteiger partial charge in [0, 0.05) is 5.92 Å². The second-order valence-corrected chi connectivity index (χ2v) is 7.15. The molecule has 150 valence electrons. The zero-order chi connectivity index (χ0) is 20.8. The number of aryl methyl sites for hydroxylation is 1. The number of rotatable bonds is 7. The van der Waals surface area contributed by atoms with E-state index in [1.807, 2.05) is 75.4 Å². The number of aromatic nitrogens is 1. The van der Waals surface area contributed by atoms with Crippen LogP contribution in [0.25, 0.3) is 11.5 Å². The second-order valence-electron chi connectivity index (χ2n) is 7.15. The SMILES string of the molecule is Cc1oc(-c2ccccc2NC(=O)Cc2ccccc2)nc1CNC(=O)C(C)C. The van der Waals surface area contributed by atoms with Crippen LogP contribution >= 0.6 is 0 Å². The van der Waals surface area contributed by atoms with Gasteiger partial charge in [0.1, 0.15) is 11.5 Å². The molecule has 2 N–H and O–H groups in total. The largest absolute Gasteiger partial charge is 0.441 e. The smallest absolute Gasteiger partial charge is 0.228 e. The topological polar surface area (TPSA) is 84.2 Å². The molecule has 1 heterocycles. The number of benzene rings is 2. The van der Waals surface area contributed by atoms with E-state index >= 15 is 0 Å². The Hall–Kier alpha value is -3.41. The fourth-order valence-corrected chi connectivity index (χ4v) is 2.84.